The minimum atomic E-state index is -3.40. The Labute approximate surface area is 138 Å². The summed E-state index contributed by atoms with van der Waals surface area (Å²) in [6.45, 7) is 0. The Bertz CT molecular complexity index is 905. The standard InChI is InChI=1S/C17H14FNO2S2/c18-15-8-4-5-13(9-15)11-23(20,21)12-16-10-22-17(19-16)14-6-2-1-3-7-14/h1-10H,11-12H2. The Balaban J connectivity index is 1.75. The van der Waals surface area contributed by atoms with E-state index in [1.807, 2.05) is 30.3 Å². The first kappa shape index (κ1) is 15.8. The average Bonchev–Trinajstić information content (AvgIpc) is 2.95. The van der Waals surface area contributed by atoms with E-state index in [0.29, 0.717) is 11.3 Å². The molecule has 23 heavy (non-hydrogen) atoms. The van der Waals surface area contributed by atoms with Crippen molar-refractivity contribution in [2.24, 2.45) is 0 Å². The third-order valence-electron chi connectivity index (χ3n) is 3.22. The van der Waals surface area contributed by atoms with Crippen molar-refractivity contribution in [2.75, 3.05) is 0 Å². The van der Waals surface area contributed by atoms with Gasteiger partial charge in [0.1, 0.15) is 10.8 Å². The third-order valence-corrected chi connectivity index (χ3v) is 5.66. The molecule has 1 aromatic heterocycles. The number of halogens is 1. The predicted molar refractivity (Wildman–Crippen MR) is 90.3 cm³/mol. The van der Waals surface area contributed by atoms with Crippen LogP contribution in [0.2, 0.25) is 0 Å². The average molecular weight is 347 g/mol. The summed E-state index contributed by atoms with van der Waals surface area (Å²) in [7, 11) is -3.40. The maximum absolute atomic E-state index is 13.2. The van der Waals surface area contributed by atoms with Gasteiger partial charge in [-0.1, -0.05) is 42.5 Å². The van der Waals surface area contributed by atoms with Gasteiger partial charge < -0.3 is 0 Å². The van der Waals surface area contributed by atoms with Crippen LogP contribution in [0.1, 0.15) is 11.3 Å². The summed E-state index contributed by atoms with van der Waals surface area (Å²) in [6.07, 6.45) is 0. The normalized spacial score (nSPS) is 11.5. The lowest BCUT2D eigenvalue weighted by Gasteiger charge is -2.03. The highest BCUT2D eigenvalue weighted by atomic mass is 32.2. The molecule has 0 N–H and O–H groups in total. The predicted octanol–water partition coefficient (Wildman–Crippen LogP) is 4.06. The number of benzene rings is 2. The van der Waals surface area contributed by atoms with E-state index in [1.165, 1.54) is 29.5 Å². The van der Waals surface area contributed by atoms with Crippen LogP contribution < -0.4 is 0 Å². The molecule has 0 spiro atoms. The second-order valence-electron chi connectivity index (χ2n) is 5.17. The molecule has 6 heteroatoms. The zero-order valence-corrected chi connectivity index (χ0v) is 13.8. The molecular formula is C17H14FNO2S2. The highest BCUT2D eigenvalue weighted by molar-refractivity contribution is 7.89. The summed E-state index contributed by atoms with van der Waals surface area (Å²) >= 11 is 1.42. The molecule has 3 rings (SSSR count). The van der Waals surface area contributed by atoms with E-state index < -0.39 is 15.7 Å². The van der Waals surface area contributed by atoms with Crippen LogP contribution in [0.15, 0.2) is 60.0 Å². The first-order chi connectivity index (χ1) is 11.0. The highest BCUT2D eigenvalue weighted by Crippen LogP contribution is 2.24. The molecule has 1 heterocycles. The molecule has 0 fully saturated rings. The maximum Gasteiger partial charge on any atom is 0.160 e. The summed E-state index contributed by atoms with van der Waals surface area (Å²) in [4.78, 5) is 4.39. The summed E-state index contributed by atoms with van der Waals surface area (Å²) in [5.41, 5.74) is 1.93. The lowest BCUT2D eigenvalue weighted by Crippen LogP contribution is -2.08. The molecule has 0 saturated carbocycles. The summed E-state index contributed by atoms with van der Waals surface area (Å²) in [6, 6.07) is 15.3. The van der Waals surface area contributed by atoms with Crippen LogP contribution in [0.4, 0.5) is 4.39 Å². The van der Waals surface area contributed by atoms with Crippen molar-refractivity contribution in [1.82, 2.24) is 4.98 Å². The van der Waals surface area contributed by atoms with E-state index in [0.717, 1.165) is 10.6 Å². The summed E-state index contributed by atoms with van der Waals surface area (Å²) in [5, 5.41) is 2.55. The van der Waals surface area contributed by atoms with Gasteiger partial charge in [0, 0.05) is 10.9 Å². The Morgan fingerprint density at radius 1 is 1.00 bits per heavy atom. The Kier molecular flexibility index (Phi) is 4.54. The van der Waals surface area contributed by atoms with Crippen LogP contribution in [0, 0.1) is 5.82 Å². The summed E-state index contributed by atoms with van der Waals surface area (Å²) < 4.78 is 37.7. The van der Waals surface area contributed by atoms with E-state index in [1.54, 1.807) is 11.4 Å². The number of sulfone groups is 1. The van der Waals surface area contributed by atoms with E-state index in [4.69, 9.17) is 0 Å². The molecule has 0 aliphatic carbocycles. The van der Waals surface area contributed by atoms with Crippen LogP contribution in [0.3, 0.4) is 0 Å². The molecule has 0 amide bonds. The fourth-order valence-corrected chi connectivity index (χ4v) is 4.56. The molecule has 0 radical (unpaired) electrons. The second kappa shape index (κ2) is 6.60. The number of aromatic nitrogens is 1. The second-order valence-corrected chi connectivity index (χ2v) is 8.09. The van der Waals surface area contributed by atoms with E-state index in [-0.39, 0.29) is 11.5 Å². The van der Waals surface area contributed by atoms with Crippen LogP contribution in [0.5, 0.6) is 0 Å². The SMILES string of the molecule is O=S(=O)(Cc1cccc(F)c1)Cc1csc(-c2ccccc2)n1. The van der Waals surface area contributed by atoms with Crippen LogP contribution in [0.25, 0.3) is 10.6 Å². The van der Waals surface area contributed by atoms with Gasteiger partial charge in [-0.05, 0) is 17.7 Å². The number of nitrogens with zero attached hydrogens (tertiary/aromatic N) is 1. The van der Waals surface area contributed by atoms with Crippen molar-refractivity contribution in [3.8, 4) is 10.6 Å². The molecule has 3 aromatic rings. The number of thiazole rings is 1. The number of hydrogen-bond acceptors (Lipinski definition) is 4. The van der Waals surface area contributed by atoms with Crippen LogP contribution in [-0.2, 0) is 21.3 Å². The first-order valence-corrected chi connectivity index (χ1v) is 9.67. The van der Waals surface area contributed by atoms with Gasteiger partial charge in [-0.15, -0.1) is 11.3 Å². The Morgan fingerprint density at radius 2 is 1.78 bits per heavy atom. The molecule has 2 aromatic carbocycles. The molecule has 0 aliphatic rings. The topological polar surface area (TPSA) is 47.0 Å². The van der Waals surface area contributed by atoms with E-state index in [2.05, 4.69) is 4.98 Å². The molecule has 0 aliphatic heterocycles. The third kappa shape index (κ3) is 4.24. The van der Waals surface area contributed by atoms with Crippen LogP contribution >= 0.6 is 11.3 Å². The maximum atomic E-state index is 13.2. The van der Waals surface area contributed by atoms with Gasteiger partial charge in [0.05, 0.1) is 17.2 Å². The Hall–Kier alpha value is -2.05. The summed E-state index contributed by atoms with van der Waals surface area (Å²) in [5.74, 6) is -0.770. The zero-order chi connectivity index (χ0) is 16.3. The smallest absolute Gasteiger partial charge is 0.160 e. The van der Waals surface area contributed by atoms with Crippen molar-refractivity contribution in [3.05, 3.63) is 77.1 Å². The van der Waals surface area contributed by atoms with Crippen molar-refractivity contribution < 1.29 is 12.8 Å². The molecule has 0 atom stereocenters. The van der Waals surface area contributed by atoms with Crippen molar-refractivity contribution in [2.45, 2.75) is 11.5 Å². The minimum absolute atomic E-state index is 0.146. The van der Waals surface area contributed by atoms with Gasteiger partial charge in [-0.3, -0.25) is 0 Å². The number of hydrogen-bond donors (Lipinski definition) is 0. The largest absolute Gasteiger partial charge is 0.240 e. The fraction of sp³-hybridized carbons (Fsp3) is 0.118. The van der Waals surface area contributed by atoms with Crippen molar-refractivity contribution >= 4 is 21.2 Å². The van der Waals surface area contributed by atoms with Gasteiger partial charge in [-0.2, -0.15) is 0 Å². The quantitative estimate of drug-likeness (QED) is 0.699. The molecule has 3 nitrogen and oxygen atoms in total. The minimum Gasteiger partial charge on any atom is -0.240 e. The zero-order valence-electron chi connectivity index (χ0n) is 12.1. The lowest BCUT2D eigenvalue weighted by atomic mass is 10.2. The lowest BCUT2D eigenvalue weighted by molar-refractivity contribution is 0.593. The van der Waals surface area contributed by atoms with Crippen LogP contribution in [-0.4, -0.2) is 13.4 Å². The van der Waals surface area contributed by atoms with Gasteiger partial charge in [0.15, 0.2) is 9.84 Å². The van der Waals surface area contributed by atoms with Gasteiger partial charge in [-0.25, -0.2) is 17.8 Å². The van der Waals surface area contributed by atoms with E-state index in [9.17, 15) is 12.8 Å². The monoisotopic (exact) mass is 347 g/mol. The van der Waals surface area contributed by atoms with Crippen molar-refractivity contribution in [1.29, 1.82) is 0 Å². The van der Waals surface area contributed by atoms with E-state index >= 15 is 0 Å². The molecule has 0 bridgehead atoms. The fourth-order valence-electron chi connectivity index (χ4n) is 2.24. The molecule has 118 valence electrons. The molecule has 0 saturated heterocycles. The Morgan fingerprint density at radius 3 is 2.52 bits per heavy atom. The first-order valence-electron chi connectivity index (χ1n) is 6.96. The van der Waals surface area contributed by atoms with Gasteiger partial charge in [0.2, 0.25) is 0 Å². The van der Waals surface area contributed by atoms with Gasteiger partial charge in [0.25, 0.3) is 0 Å². The van der Waals surface area contributed by atoms with Gasteiger partial charge >= 0.3 is 0 Å². The van der Waals surface area contributed by atoms with Crippen molar-refractivity contribution in [3.63, 3.8) is 0 Å². The molecular weight excluding hydrogens is 333 g/mol. The highest BCUT2D eigenvalue weighted by Gasteiger charge is 2.16. The molecule has 0 unspecified atom stereocenters. The number of rotatable bonds is 5.